The minimum Gasteiger partial charge on any atom is -0.455 e. The highest BCUT2D eigenvalue weighted by atomic mass is 16.3. The Kier molecular flexibility index (Phi) is 7.17. The number of para-hydroxylation sites is 6. The average molecular weight is 703 g/mol. The second-order valence-electron chi connectivity index (χ2n) is 14.0. The van der Waals surface area contributed by atoms with Crippen molar-refractivity contribution in [3.05, 3.63) is 206 Å². The number of anilines is 3. The van der Waals surface area contributed by atoms with E-state index in [1.54, 1.807) is 0 Å². The molecule has 55 heavy (non-hydrogen) atoms. The van der Waals surface area contributed by atoms with E-state index in [1.807, 2.05) is 6.07 Å². The van der Waals surface area contributed by atoms with Crippen molar-refractivity contribution in [2.75, 3.05) is 4.90 Å². The molecular weight excluding hydrogens is 669 g/mol. The largest absolute Gasteiger partial charge is 0.455 e. The lowest BCUT2D eigenvalue weighted by Gasteiger charge is -2.28. The van der Waals surface area contributed by atoms with E-state index in [1.165, 1.54) is 32.7 Å². The molecule has 3 heteroatoms. The summed E-state index contributed by atoms with van der Waals surface area (Å²) in [6.45, 7) is 0. The van der Waals surface area contributed by atoms with Crippen molar-refractivity contribution in [1.29, 1.82) is 0 Å². The van der Waals surface area contributed by atoms with Crippen LogP contribution in [0.4, 0.5) is 17.1 Å². The number of fused-ring (bicyclic) bond motifs is 7. The van der Waals surface area contributed by atoms with Crippen LogP contribution >= 0.6 is 0 Å². The summed E-state index contributed by atoms with van der Waals surface area (Å²) in [5.41, 5.74) is 13.0. The molecule has 258 valence electrons. The maximum absolute atomic E-state index is 6.62. The van der Waals surface area contributed by atoms with Crippen LogP contribution in [0.15, 0.2) is 211 Å². The molecule has 0 unspecified atom stereocenters. The second-order valence-corrected chi connectivity index (χ2v) is 14.0. The molecule has 2 aromatic heterocycles. The topological polar surface area (TPSA) is 21.3 Å². The third kappa shape index (κ3) is 4.91. The number of hydrogen-bond acceptors (Lipinski definition) is 2. The molecule has 0 bridgehead atoms. The molecule has 0 aliphatic rings. The number of benzene rings is 9. The van der Waals surface area contributed by atoms with Crippen LogP contribution in [0, 0.1) is 0 Å². The maximum Gasteiger partial charge on any atom is 0.143 e. The fourth-order valence-electron chi connectivity index (χ4n) is 8.64. The van der Waals surface area contributed by atoms with Crippen LogP contribution in [-0.2, 0) is 0 Å². The number of furan rings is 1. The van der Waals surface area contributed by atoms with Crippen LogP contribution < -0.4 is 4.90 Å². The Hall–Kier alpha value is -7.36. The van der Waals surface area contributed by atoms with Gasteiger partial charge >= 0.3 is 0 Å². The second kappa shape index (κ2) is 12.6. The van der Waals surface area contributed by atoms with Crippen LogP contribution in [0.1, 0.15) is 0 Å². The van der Waals surface area contributed by atoms with E-state index in [-0.39, 0.29) is 0 Å². The van der Waals surface area contributed by atoms with Crippen molar-refractivity contribution in [3.8, 4) is 27.9 Å². The van der Waals surface area contributed by atoms with Crippen LogP contribution in [0.25, 0.3) is 82.5 Å². The first-order chi connectivity index (χ1) is 27.3. The van der Waals surface area contributed by atoms with E-state index in [4.69, 9.17) is 4.42 Å². The van der Waals surface area contributed by atoms with E-state index >= 15 is 0 Å². The fourth-order valence-corrected chi connectivity index (χ4v) is 8.64. The Labute approximate surface area is 318 Å². The molecule has 3 nitrogen and oxygen atoms in total. The Morgan fingerprint density at radius 2 is 0.945 bits per heavy atom. The first-order valence-corrected chi connectivity index (χ1v) is 18.8. The molecule has 0 atom stereocenters. The van der Waals surface area contributed by atoms with Gasteiger partial charge in [-0.05, 0) is 64.9 Å². The normalized spacial score (nSPS) is 11.6. The van der Waals surface area contributed by atoms with Gasteiger partial charge in [-0.2, -0.15) is 0 Å². The third-order valence-corrected chi connectivity index (χ3v) is 11.0. The molecule has 0 N–H and O–H groups in total. The molecule has 0 saturated carbocycles. The molecule has 0 saturated heterocycles. The van der Waals surface area contributed by atoms with Gasteiger partial charge in [-0.15, -0.1) is 0 Å². The molecule has 0 fully saturated rings. The van der Waals surface area contributed by atoms with Gasteiger partial charge in [0, 0.05) is 43.9 Å². The predicted octanol–water partition coefficient (Wildman–Crippen LogP) is 14.6. The monoisotopic (exact) mass is 702 g/mol. The fraction of sp³-hybridized carbons (Fsp3) is 0. The van der Waals surface area contributed by atoms with Crippen molar-refractivity contribution in [2.24, 2.45) is 0 Å². The van der Waals surface area contributed by atoms with Crippen LogP contribution in [0.2, 0.25) is 0 Å². The summed E-state index contributed by atoms with van der Waals surface area (Å²) < 4.78 is 9.07. The minimum atomic E-state index is 0.892. The standard InChI is InChI=1S/C52H34N2O/c1-2-19-36(20-3-1)53(45-29-10-7-23-40(45)42-27-15-28-43-41-24-9-13-34-50(41)55-52(42)43)48-32-16-33-49-51(48)44-25-8-12-31-47(44)54(49)46-30-11-6-22-39(46)38-26-14-18-35-17-4-5-21-37(35)38/h1-34H. The lowest BCUT2D eigenvalue weighted by Crippen LogP contribution is -2.11. The van der Waals surface area contributed by atoms with Gasteiger partial charge in [0.2, 0.25) is 0 Å². The van der Waals surface area contributed by atoms with Gasteiger partial charge in [0.25, 0.3) is 0 Å². The van der Waals surface area contributed by atoms with Crippen molar-refractivity contribution in [3.63, 3.8) is 0 Å². The highest BCUT2D eigenvalue weighted by molar-refractivity contribution is 6.18. The van der Waals surface area contributed by atoms with Gasteiger partial charge in [0.1, 0.15) is 11.2 Å². The van der Waals surface area contributed by atoms with Crippen molar-refractivity contribution < 1.29 is 4.42 Å². The SMILES string of the molecule is c1ccc(N(c2ccccc2-c2cccc3c2oc2ccccc23)c2cccc3c2c2ccccc2n3-c2ccccc2-c2cccc3ccccc23)cc1. The zero-order valence-corrected chi connectivity index (χ0v) is 29.9. The van der Waals surface area contributed by atoms with Crippen LogP contribution in [-0.4, -0.2) is 4.57 Å². The molecule has 2 heterocycles. The molecule has 0 aliphatic carbocycles. The van der Waals surface area contributed by atoms with Gasteiger partial charge in [0.15, 0.2) is 0 Å². The maximum atomic E-state index is 6.62. The van der Waals surface area contributed by atoms with E-state index < -0.39 is 0 Å². The summed E-state index contributed by atoms with van der Waals surface area (Å²) >= 11 is 0. The van der Waals surface area contributed by atoms with Gasteiger partial charge in [-0.3, -0.25) is 0 Å². The smallest absolute Gasteiger partial charge is 0.143 e. The first kappa shape index (κ1) is 31.2. The van der Waals surface area contributed by atoms with Crippen LogP contribution in [0.5, 0.6) is 0 Å². The zero-order valence-electron chi connectivity index (χ0n) is 29.9. The summed E-state index contributed by atoms with van der Waals surface area (Å²) in [6, 6.07) is 73.9. The number of nitrogens with zero attached hydrogens (tertiary/aromatic N) is 2. The minimum absolute atomic E-state index is 0.892. The number of rotatable bonds is 6. The van der Waals surface area contributed by atoms with Crippen molar-refractivity contribution in [1.82, 2.24) is 4.57 Å². The van der Waals surface area contributed by atoms with Gasteiger partial charge in [0.05, 0.1) is 28.1 Å². The van der Waals surface area contributed by atoms with E-state index in [2.05, 4.69) is 210 Å². The predicted molar refractivity (Wildman–Crippen MR) is 231 cm³/mol. The first-order valence-electron chi connectivity index (χ1n) is 18.8. The Balaban J connectivity index is 1.19. The summed E-state index contributed by atoms with van der Waals surface area (Å²) in [6.07, 6.45) is 0. The van der Waals surface area contributed by atoms with Gasteiger partial charge in [-0.1, -0.05) is 158 Å². The zero-order chi connectivity index (χ0) is 36.3. The molecule has 9 aromatic carbocycles. The Morgan fingerprint density at radius 1 is 0.364 bits per heavy atom. The summed E-state index contributed by atoms with van der Waals surface area (Å²) in [7, 11) is 0. The molecule has 0 amide bonds. The molecule has 0 radical (unpaired) electrons. The van der Waals surface area contributed by atoms with Crippen molar-refractivity contribution in [2.45, 2.75) is 0 Å². The van der Waals surface area contributed by atoms with Crippen molar-refractivity contribution >= 4 is 71.6 Å². The highest BCUT2D eigenvalue weighted by Crippen LogP contribution is 2.48. The number of hydrogen-bond donors (Lipinski definition) is 0. The molecule has 0 aliphatic heterocycles. The quantitative estimate of drug-likeness (QED) is 0.172. The Bertz CT molecular complexity index is 3220. The average Bonchev–Trinajstić information content (AvgIpc) is 3.81. The lowest BCUT2D eigenvalue weighted by atomic mass is 9.97. The van der Waals surface area contributed by atoms with Gasteiger partial charge < -0.3 is 13.9 Å². The summed E-state index contributed by atoms with van der Waals surface area (Å²) in [5.74, 6) is 0. The van der Waals surface area contributed by atoms with E-state index in [0.29, 0.717) is 0 Å². The molecule has 0 spiro atoms. The van der Waals surface area contributed by atoms with E-state index in [9.17, 15) is 0 Å². The highest BCUT2D eigenvalue weighted by Gasteiger charge is 2.25. The number of aromatic nitrogens is 1. The molecular formula is C52H34N2O. The van der Waals surface area contributed by atoms with E-state index in [0.717, 1.165) is 66.8 Å². The molecule has 11 rings (SSSR count). The van der Waals surface area contributed by atoms with Crippen LogP contribution in [0.3, 0.4) is 0 Å². The Morgan fingerprint density at radius 3 is 1.85 bits per heavy atom. The summed E-state index contributed by atoms with van der Waals surface area (Å²) in [5, 5.41) is 7.09. The summed E-state index contributed by atoms with van der Waals surface area (Å²) in [4.78, 5) is 2.42. The molecule has 11 aromatic rings. The third-order valence-electron chi connectivity index (χ3n) is 11.0. The van der Waals surface area contributed by atoms with Gasteiger partial charge in [-0.25, -0.2) is 0 Å². The lowest BCUT2D eigenvalue weighted by molar-refractivity contribution is 0.670.